The van der Waals surface area contributed by atoms with Crippen molar-refractivity contribution in [2.24, 2.45) is 11.5 Å². The highest BCUT2D eigenvalue weighted by Crippen LogP contribution is 2.30. The van der Waals surface area contributed by atoms with Crippen LogP contribution in [-0.4, -0.2) is 24.0 Å². The van der Waals surface area contributed by atoms with Crippen LogP contribution in [0.2, 0.25) is 0 Å². The van der Waals surface area contributed by atoms with Gasteiger partial charge in [-0.1, -0.05) is 18.2 Å². The highest BCUT2D eigenvalue weighted by molar-refractivity contribution is 5.83. The Balaban J connectivity index is 2.01. The summed E-state index contributed by atoms with van der Waals surface area (Å²) < 4.78 is 0. The van der Waals surface area contributed by atoms with Crippen LogP contribution < -0.4 is 16.4 Å². The van der Waals surface area contributed by atoms with E-state index < -0.39 is 11.4 Å². The van der Waals surface area contributed by atoms with Crippen LogP contribution in [0.3, 0.4) is 0 Å². The van der Waals surface area contributed by atoms with Crippen LogP contribution in [0.5, 0.6) is 0 Å². The number of nitrogens with zero attached hydrogens (tertiary/aromatic N) is 1. The second kappa shape index (κ2) is 5.83. The Morgan fingerprint density at radius 2 is 2.15 bits per heavy atom. The Hall–Kier alpha value is -1.55. The van der Waals surface area contributed by atoms with E-state index in [0.717, 1.165) is 19.4 Å². The zero-order chi connectivity index (χ0) is 14.8. The van der Waals surface area contributed by atoms with Crippen LogP contribution in [-0.2, 0) is 11.2 Å². The number of primary amides is 1. The molecule has 0 radical (unpaired) electrons. The fourth-order valence-electron chi connectivity index (χ4n) is 2.84. The van der Waals surface area contributed by atoms with Crippen molar-refractivity contribution in [2.45, 2.75) is 51.1 Å². The van der Waals surface area contributed by atoms with Gasteiger partial charge >= 0.3 is 0 Å². The second-order valence-electron chi connectivity index (χ2n) is 6.10. The average Bonchev–Trinajstić information content (AvgIpc) is 2.41. The molecule has 4 nitrogen and oxygen atoms in total. The molecule has 0 saturated heterocycles. The summed E-state index contributed by atoms with van der Waals surface area (Å²) in [5.74, 6) is -0.426. The van der Waals surface area contributed by atoms with E-state index in [-0.39, 0.29) is 0 Å². The molecule has 1 aromatic carbocycles. The second-order valence-corrected chi connectivity index (χ2v) is 6.10. The summed E-state index contributed by atoms with van der Waals surface area (Å²) in [5.41, 5.74) is 13.1. The molecule has 2 rings (SSSR count). The third kappa shape index (κ3) is 3.12. The minimum atomic E-state index is -0.904. The highest BCUT2D eigenvalue weighted by atomic mass is 16.1. The Kier molecular flexibility index (Phi) is 4.33. The van der Waals surface area contributed by atoms with E-state index in [1.165, 1.54) is 17.7 Å². The third-order valence-corrected chi connectivity index (χ3v) is 4.32. The maximum atomic E-state index is 11.2. The lowest BCUT2D eigenvalue weighted by Crippen LogP contribution is -2.49. The van der Waals surface area contributed by atoms with Crippen LogP contribution in [0, 0.1) is 0 Å². The van der Waals surface area contributed by atoms with Gasteiger partial charge in [-0.05, 0) is 51.2 Å². The van der Waals surface area contributed by atoms with E-state index in [1.807, 2.05) is 0 Å². The molecule has 0 spiro atoms. The summed E-state index contributed by atoms with van der Waals surface area (Å²) in [4.78, 5) is 13.7. The number of anilines is 1. The van der Waals surface area contributed by atoms with Gasteiger partial charge in [-0.3, -0.25) is 4.79 Å². The molecule has 2 unspecified atom stereocenters. The first-order valence-electron chi connectivity index (χ1n) is 7.35. The molecule has 1 aliphatic heterocycles. The van der Waals surface area contributed by atoms with Crippen LogP contribution in [0.15, 0.2) is 24.3 Å². The number of carbonyl (C=O) groups excluding carboxylic acids is 1. The SMILES string of the molecule is CC1CCc2ccccc2N1CCCC(C)(N)C(N)=O. The molecular formula is C16H25N3O. The summed E-state index contributed by atoms with van der Waals surface area (Å²) in [7, 11) is 0. The largest absolute Gasteiger partial charge is 0.369 e. The summed E-state index contributed by atoms with van der Waals surface area (Å²) in [6.07, 6.45) is 3.80. The third-order valence-electron chi connectivity index (χ3n) is 4.32. The molecule has 0 saturated carbocycles. The Labute approximate surface area is 121 Å². The average molecular weight is 275 g/mol. The van der Waals surface area contributed by atoms with Crippen LogP contribution in [0.25, 0.3) is 0 Å². The van der Waals surface area contributed by atoms with E-state index in [4.69, 9.17) is 11.5 Å². The molecule has 1 aliphatic rings. The van der Waals surface area contributed by atoms with Crippen LogP contribution in [0.1, 0.15) is 38.7 Å². The number of amides is 1. The van der Waals surface area contributed by atoms with Gasteiger partial charge in [0.2, 0.25) is 5.91 Å². The van der Waals surface area contributed by atoms with Gasteiger partial charge in [0.1, 0.15) is 0 Å². The lowest BCUT2D eigenvalue weighted by Gasteiger charge is -2.37. The van der Waals surface area contributed by atoms with Gasteiger partial charge in [-0.15, -0.1) is 0 Å². The predicted octanol–water partition coefficient (Wildman–Crippen LogP) is 1.81. The molecule has 0 bridgehead atoms. The van der Waals surface area contributed by atoms with Gasteiger partial charge in [0, 0.05) is 18.3 Å². The normalized spacial score (nSPS) is 21.1. The summed E-state index contributed by atoms with van der Waals surface area (Å²) >= 11 is 0. The van der Waals surface area contributed by atoms with Gasteiger partial charge in [-0.25, -0.2) is 0 Å². The smallest absolute Gasteiger partial charge is 0.237 e. The lowest BCUT2D eigenvalue weighted by atomic mass is 9.94. The number of rotatable bonds is 5. The Morgan fingerprint density at radius 1 is 1.45 bits per heavy atom. The number of nitrogens with two attached hydrogens (primary N) is 2. The minimum absolute atomic E-state index is 0.426. The molecule has 0 aliphatic carbocycles. The van der Waals surface area contributed by atoms with Crippen molar-refractivity contribution in [3.8, 4) is 0 Å². The van der Waals surface area contributed by atoms with Gasteiger partial charge in [0.15, 0.2) is 0 Å². The summed E-state index contributed by atoms with van der Waals surface area (Å²) in [6.45, 7) is 4.88. The summed E-state index contributed by atoms with van der Waals surface area (Å²) in [6, 6.07) is 9.09. The lowest BCUT2D eigenvalue weighted by molar-refractivity contribution is -0.122. The first-order chi connectivity index (χ1) is 9.42. The molecule has 20 heavy (non-hydrogen) atoms. The number of hydrogen-bond donors (Lipinski definition) is 2. The molecule has 4 heteroatoms. The molecular weight excluding hydrogens is 250 g/mol. The Bertz CT molecular complexity index is 484. The van der Waals surface area contributed by atoms with Crippen LogP contribution in [0.4, 0.5) is 5.69 Å². The fourth-order valence-corrected chi connectivity index (χ4v) is 2.84. The maximum Gasteiger partial charge on any atom is 0.237 e. The number of aryl methyl sites for hydroxylation is 1. The standard InChI is InChI=1S/C16H25N3O/c1-12-8-9-13-6-3-4-7-14(13)19(12)11-5-10-16(2,18)15(17)20/h3-4,6-7,12H,5,8-11,18H2,1-2H3,(H2,17,20). The molecule has 1 heterocycles. The fraction of sp³-hybridized carbons (Fsp3) is 0.562. The highest BCUT2D eigenvalue weighted by Gasteiger charge is 2.27. The molecule has 0 fully saturated rings. The van der Waals surface area contributed by atoms with Crippen molar-refractivity contribution in [2.75, 3.05) is 11.4 Å². The van der Waals surface area contributed by atoms with Crippen molar-refractivity contribution < 1.29 is 4.79 Å². The topological polar surface area (TPSA) is 72.3 Å². The monoisotopic (exact) mass is 275 g/mol. The molecule has 2 atom stereocenters. The zero-order valence-corrected chi connectivity index (χ0v) is 12.4. The van der Waals surface area contributed by atoms with Gasteiger partial charge in [0.25, 0.3) is 0 Å². The maximum absolute atomic E-state index is 11.2. The van der Waals surface area contributed by atoms with E-state index in [9.17, 15) is 4.79 Å². The van der Waals surface area contributed by atoms with E-state index >= 15 is 0 Å². The van der Waals surface area contributed by atoms with Crippen molar-refractivity contribution in [1.82, 2.24) is 0 Å². The van der Waals surface area contributed by atoms with Crippen molar-refractivity contribution in [3.05, 3.63) is 29.8 Å². The van der Waals surface area contributed by atoms with Crippen molar-refractivity contribution in [3.63, 3.8) is 0 Å². The van der Waals surface area contributed by atoms with Gasteiger partial charge in [0.05, 0.1) is 5.54 Å². The molecule has 1 amide bonds. The van der Waals surface area contributed by atoms with E-state index in [1.54, 1.807) is 6.92 Å². The molecule has 0 aromatic heterocycles. The summed E-state index contributed by atoms with van der Waals surface area (Å²) in [5, 5.41) is 0. The number of benzene rings is 1. The number of carbonyl (C=O) groups is 1. The van der Waals surface area contributed by atoms with Gasteiger partial charge in [-0.2, -0.15) is 0 Å². The first kappa shape index (κ1) is 14.9. The number of fused-ring (bicyclic) bond motifs is 1. The van der Waals surface area contributed by atoms with Gasteiger partial charge < -0.3 is 16.4 Å². The molecule has 4 N–H and O–H groups in total. The quantitative estimate of drug-likeness (QED) is 0.861. The number of hydrogen-bond acceptors (Lipinski definition) is 3. The predicted molar refractivity (Wildman–Crippen MR) is 82.6 cm³/mol. The number of para-hydroxylation sites is 1. The van der Waals surface area contributed by atoms with E-state index in [0.29, 0.717) is 12.5 Å². The van der Waals surface area contributed by atoms with Crippen molar-refractivity contribution >= 4 is 11.6 Å². The van der Waals surface area contributed by atoms with E-state index in [2.05, 4.69) is 36.1 Å². The Morgan fingerprint density at radius 3 is 2.85 bits per heavy atom. The van der Waals surface area contributed by atoms with Crippen LogP contribution >= 0.6 is 0 Å². The minimum Gasteiger partial charge on any atom is -0.369 e. The molecule has 110 valence electrons. The first-order valence-corrected chi connectivity index (χ1v) is 7.35. The molecule has 1 aromatic rings. The van der Waals surface area contributed by atoms with Crippen molar-refractivity contribution in [1.29, 1.82) is 0 Å². The zero-order valence-electron chi connectivity index (χ0n) is 12.4.